The third-order valence-electron chi connectivity index (χ3n) is 3.97. The van der Waals surface area contributed by atoms with E-state index in [4.69, 9.17) is 20.5 Å². The van der Waals surface area contributed by atoms with Crippen LogP contribution in [-0.4, -0.2) is 41.8 Å². The highest BCUT2D eigenvalue weighted by atomic mass is 19.1. The molecule has 144 valence electrons. The van der Waals surface area contributed by atoms with E-state index in [0.717, 1.165) is 0 Å². The molecule has 2 aromatic heterocycles. The van der Waals surface area contributed by atoms with Crippen LogP contribution in [0, 0.1) is 18.3 Å². The number of alkyl halides is 1. The van der Waals surface area contributed by atoms with Gasteiger partial charge in [-0.1, -0.05) is 6.07 Å². The second-order valence-corrected chi connectivity index (χ2v) is 6.14. The Bertz CT molecular complexity index is 974. The normalized spacial score (nSPS) is 18.7. The van der Waals surface area contributed by atoms with E-state index in [1.165, 1.54) is 12.3 Å². The van der Waals surface area contributed by atoms with Crippen molar-refractivity contribution in [2.45, 2.75) is 12.5 Å². The third kappa shape index (κ3) is 4.05. The van der Waals surface area contributed by atoms with Gasteiger partial charge in [0.1, 0.15) is 31.0 Å². The van der Waals surface area contributed by atoms with Gasteiger partial charge in [-0.05, 0) is 25.1 Å². The van der Waals surface area contributed by atoms with E-state index in [1.807, 2.05) is 6.07 Å². The van der Waals surface area contributed by atoms with E-state index in [1.54, 1.807) is 25.1 Å². The minimum absolute atomic E-state index is 0.0144. The van der Waals surface area contributed by atoms with E-state index in [9.17, 15) is 9.18 Å². The maximum absolute atomic E-state index is 13.8. The van der Waals surface area contributed by atoms with Crippen molar-refractivity contribution < 1.29 is 18.7 Å². The van der Waals surface area contributed by atoms with Crippen LogP contribution in [0.3, 0.4) is 0 Å². The van der Waals surface area contributed by atoms with Crippen molar-refractivity contribution in [1.29, 1.82) is 5.26 Å². The molecule has 1 aliphatic rings. The number of carbonyl (C=O) groups is 1. The number of amidine groups is 1. The summed E-state index contributed by atoms with van der Waals surface area (Å²) in [6.07, 6.45) is 0.465. The summed E-state index contributed by atoms with van der Waals surface area (Å²) in [5.41, 5.74) is 5.47. The quantitative estimate of drug-likeness (QED) is 0.820. The molecular formula is C18H17FN6O3. The number of anilines is 1. The lowest BCUT2D eigenvalue weighted by Gasteiger charge is -2.30. The van der Waals surface area contributed by atoms with Crippen LogP contribution in [-0.2, 0) is 10.3 Å². The van der Waals surface area contributed by atoms with Gasteiger partial charge in [0, 0.05) is 11.8 Å². The van der Waals surface area contributed by atoms with Gasteiger partial charge in [0.05, 0.1) is 17.9 Å². The lowest BCUT2D eigenvalue weighted by molar-refractivity contribution is 0.0807. The highest BCUT2D eigenvalue weighted by Gasteiger charge is 2.37. The zero-order chi connectivity index (χ0) is 20.1. The van der Waals surface area contributed by atoms with Crippen molar-refractivity contribution in [3.63, 3.8) is 0 Å². The molecule has 9 nitrogen and oxygen atoms in total. The van der Waals surface area contributed by atoms with Crippen LogP contribution in [0.4, 0.5) is 15.0 Å². The number of pyridine rings is 2. The first-order valence-electron chi connectivity index (χ1n) is 8.27. The molecule has 0 bridgehead atoms. The Labute approximate surface area is 160 Å². The third-order valence-corrected chi connectivity index (χ3v) is 3.97. The first-order chi connectivity index (χ1) is 13.5. The van der Waals surface area contributed by atoms with Crippen molar-refractivity contribution in [2.75, 3.05) is 25.2 Å². The molecule has 0 aliphatic carbocycles. The Morgan fingerprint density at radius 3 is 3.04 bits per heavy atom. The lowest BCUT2D eigenvalue weighted by atomic mass is 9.97. The molecule has 0 fully saturated rings. The molecule has 2 aromatic rings. The van der Waals surface area contributed by atoms with Gasteiger partial charge in [0.25, 0.3) is 0 Å². The molecule has 1 atom stereocenters. The summed E-state index contributed by atoms with van der Waals surface area (Å²) < 4.78 is 24.2. The molecule has 0 radical (unpaired) electrons. The minimum Gasteiger partial charge on any atom is -0.391 e. The van der Waals surface area contributed by atoms with Crippen LogP contribution in [0.25, 0.3) is 0 Å². The summed E-state index contributed by atoms with van der Waals surface area (Å²) in [6.45, 7) is 0.914. The summed E-state index contributed by atoms with van der Waals surface area (Å²) in [4.78, 5) is 24.5. The lowest BCUT2D eigenvalue weighted by Crippen LogP contribution is -2.42. The monoisotopic (exact) mass is 384 g/mol. The number of hydrogen-bond acceptors (Lipinski definition) is 8. The number of rotatable bonds is 4. The summed E-state index contributed by atoms with van der Waals surface area (Å²) in [6, 6.07) is 8.19. The average Bonchev–Trinajstić information content (AvgIpc) is 2.69. The zero-order valence-electron chi connectivity index (χ0n) is 15.0. The van der Waals surface area contributed by atoms with Gasteiger partial charge in [0.2, 0.25) is 5.88 Å². The van der Waals surface area contributed by atoms with Crippen molar-refractivity contribution in [2.24, 2.45) is 10.7 Å². The number of ether oxygens (including phenoxy) is 2. The predicted octanol–water partition coefficient (Wildman–Crippen LogP) is 1.82. The van der Waals surface area contributed by atoms with Crippen LogP contribution in [0.5, 0.6) is 5.88 Å². The second-order valence-electron chi connectivity index (χ2n) is 6.14. The van der Waals surface area contributed by atoms with Crippen LogP contribution >= 0.6 is 0 Å². The summed E-state index contributed by atoms with van der Waals surface area (Å²) in [5.74, 6) is 0.373. The topological polar surface area (TPSA) is 136 Å². The number of aromatic nitrogens is 2. The number of amides is 1. The predicted molar refractivity (Wildman–Crippen MR) is 97.7 cm³/mol. The summed E-state index contributed by atoms with van der Waals surface area (Å²) in [7, 11) is 0. The molecule has 3 heterocycles. The summed E-state index contributed by atoms with van der Waals surface area (Å²) >= 11 is 0. The van der Waals surface area contributed by atoms with Gasteiger partial charge in [-0.15, -0.1) is 0 Å². The number of aryl methyl sites for hydroxylation is 1. The van der Waals surface area contributed by atoms with Crippen molar-refractivity contribution >= 4 is 17.7 Å². The van der Waals surface area contributed by atoms with Crippen LogP contribution in [0.15, 0.2) is 35.5 Å². The standard InChI is InChI=1S/C18H17FN6O3/c1-11-5-12(6-20)7-22-16(11)28-17(26)24-15-4-2-3-13(23-15)18(9-19)10-27-8-14(21)25-18/h2-5,7H,8-10H2,1H3,(H2,21,25)(H,23,24,26). The molecule has 1 aliphatic heterocycles. The Morgan fingerprint density at radius 2 is 2.36 bits per heavy atom. The fraction of sp³-hybridized carbons (Fsp3) is 0.278. The van der Waals surface area contributed by atoms with E-state index < -0.39 is 18.3 Å². The highest BCUT2D eigenvalue weighted by Crippen LogP contribution is 2.29. The van der Waals surface area contributed by atoms with Crippen molar-refractivity contribution in [3.8, 4) is 11.9 Å². The van der Waals surface area contributed by atoms with Crippen molar-refractivity contribution in [1.82, 2.24) is 9.97 Å². The van der Waals surface area contributed by atoms with Gasteiger partial charge in [-0.25, -0.2) is 19.2 Å². The minimum atomic E-state index is -1.35. The number of nitrogens with two attached hydrogens (primary N) is 1. The Kier molecular flexibility index (Phi) is 5.47. The van der Waals surface area contributed by atoms with Crippen LogP contribution in [0.2, 0.25) is 0 Å². The molecule has 3 rings (SSSR count). The number of nitriles is 1. The number of halogens is 1. The average molecular weight is 384 g/mol. The van der Waals surface area contributed by atoms with Gasteiger partial charge in [0.15, 0.2) is 5.54 Å². The molecule has 0 spiro atoms. The van der Waals surface area contributed by atoms with E-state index >= 15 is 0 Å². The van der Waals surface area contributed by atoms with Crippen molar-refractivity contribution in [3.05, 3.63) is 47.3 Å². The number of aliphatic imine (C=N–C) groups is 1. The Balaban J connectivity index is 1.77. The molecule has 0 aromatic carbocycles. The smallest absolute Gasteiger partial charge is 0.391 e. The van der Waals surface area contributed by atoms with Gasteiger partial charge in [-0.3, -0.25) is 10.3 Å². The van der Waals surface area contributed by atoms with Gasteiger partial charge >= 0.3 is 6.09 Å². The number of nitrogens with zero attached hydrogens (tertiary/aromatic N) is 4. The molecule has 1 amide bonds. The molecule has 10 heteroatoms. The largest absolute Gasteiger partial charge is 0.419 e. The van der Waals surface area contributed by atoms with Crippen LogP contribution < -0.4 is 15.8 Å². The highest BCUT2D eigenvalue weighted by molar-refractivity contribution is 5.85. The maximum Gasteiger partial charge on any atom is 0.419 e. The fourth-order valence-electron chi connectivity index (χ4n) is 2.64. The zero-order valence-corrected chi connectivity index (χ0v) is 15.0. The molecule has 28 heavy (non-hydrogen) atoms. The maximum atomic E-state index is 13.8. The molecule has 1 unspecified atom stereocenters. The molecule has 0 saturated heterocycles. The second kappa shape index (κ2) is 7.98. The molecular weight excluding hydrogens is 367 g/mol. The fourth-order valence-corrected chi connectivity index (χ4v) is 2.64. The van der Waals surface area contributed by atoms with Gasteiger partial charge in [-0.2, -0.15) is 5.26 Å². The number of carbonyl (C=O) groups excluding carboxylic acids is 1. The number of nitrogens with one attached hydrogen (secondary N) is 1. The van der Waals surface area contributed by atoms with E-state index in [0.29, 0.717) is 11.1 Å². The Hall–Kier alpha value is -3.58. The summed E-state index contributed by atoms with van der Waals surface area (Å²) in [5, 5.41) is 11.3. The SMILES string of the molecule is Cc1cc(C#N)cnc1OC(=O)Nc1cccc(C2(CF)COCC(N)=N2)n1. The Morgan fingerprint density at radius 1 is 1.54 bits per heavy atom. The van der Waals surface area contributed by atoms with Crippen LogP contribution in [0.1, 0.15) is 16.8 Å². The first kappa shape index (κ1) is 19.2. The molecule has 3 N–H and O–H groups in total. The molecule has 0 saturated carbocycles. The number of hydrogen-bond donors (Lipinski definition) is 2. The van der Waals surface area contributed by atoms with E-state index in [-0.39, 0.29) is 36.4 Å². The first-order valence-corrected chi connectivity index (χ1v) is 8.27. The van der Waals surface area contributed by atoms with E-state index in [2.05, 4.69) is 20.3 Å². The van der Waals surface area contributed by atoms with Gasteiger partial charge < -0.3 is 15.2 Å².